The van der Waals surface area contributed by atoms with E-state index in [1.807, 2.05) is 6.92 Å². The Hall–Kier alpha value is -1.18. The molecule has 0 aromatic rings. The maximum atomic E-state index is 12.3. The normalized spacial score (nSPS) is 34.1. The third-order valence-corrected chi connectivity index (χ3v) is 7.16. The molecule has 3 aliphatic rings. The number of aliphatic hydroxyl groups is 1. The van der Waals surface area contributed by atoms with Crippen molar-refractivity contribution in [1.29, 1.82) is 0 Å². The van der Waals surface area contributed by atoms with Crippen molar-refractivity contribution in [3.63, 3.8) is 0 Å². The van der Waals surface area contributed by atoms with Crippen LogP contribution in [0.25, 0.3) is 0 Å². The first-order valence-electron chi connectivity index (χ1n) is 8.73. The molecule has 5 N–H and O–H groups in total. The number of thiol groups is 1. The van der Waals surface area contributed by atoms with Crippen LogP contribution in [0.2, 0.25) is 0 Å². The molecule has 0 spiro atoms. The maximum absolute atomic E-state index is 12.3. The molecule has 152 valence electrons. The molecule has 0 bridgehead atoms. The molecule has 27 heavy (non-hydrogen) atoms. The fraction of sp³-hybridized carbons (Fsp3) is 0.733. The van der Waals surface area contributed by atoms with Crippen molar-refractivity contribution in [3.8, 4) is 0 Å². The Morgan fingerprint density at radius 3 is 2.78 bits per heavy atom. The van der Waals surface area contributed by atoms with E-state index in [-0.39, 0.29) is 34.9 Å². The number of rotatable bonds is 8. The molecule has 10 nitrogen and oxygen atoms in total. The van der Waals surface area contributed by atoms with E-state index in [0.717, 1.165) is 6.42 Å². The van der Waals surface area contributed by atoms with Gasteiger partial charge in [0.15, 0.2) is 0 Å². The van der Waals surface area contributed by atoms with Gasteiger partial charge in [-0.05, 0) is 13.3 Å². The zero-order valence-corrected chi connectivity index (χ0v) is 16.6. The van der Waals surface area contributed by atoms with Crippen LogP contribution in [0.4, 0.5) is 0 Å². The Labute approximate surface area is 162 Å². The van der Waals surface area contributed by atoms with Crippen LogP contribution in [0.5, 0.6) is 0 Å². The van der Waals surface area contributed by atoms with Crippen LogP contribution in [0, 0.1) is 11.8 Å². The van der Waals surface area contributed by atoms with Crippen molar-refractivity contribution in [2.24, 2.45) is 11.8 Å². The fourth-order valence-corrected chi connectivity index (χ4v) is 5.86. The number of carboxylic acids is 1. The number of amides is 1. The number of carbonyl (C=O) groups is 2. The van der Waals surface area contributed by atoms with Crippen LogP contribution in [-0.2, 0) is 20.5 Å². The standard InChI is InChI=1S/C15H24N4O6S2/c1-6-11-10(7(2)20)14(21)19(11)12(15(22)23)13(6)26-9-3-8(16-5-9)4-17-18-27(24)25/h6-11,16-17,20,27H,3-5H2,1-2H3,(H,22,23)(H,18,24,25)/t6-,7-,8+,9?,10-,11-/m1/s1. The maximum Gasteiger partial charge on any atom is 0.353 e. The number of β-lactam (4-membered cyclic amide) rings is 1. The minimum atomic E-state index is -2.70. The van der Waals surface area contributed by atoms with Gasteiger partial charge in [0.05, 0.1) is 18.1 Å². The molecule has 2 fully saturated rings. The Morgan fingerprint density at radius 1 is 1.48 bits per heavy atom. The number of fused-ring (bicyclic) bond motifs is 1. The molecule has 6 atom stereocenters. The Morgan fingerprint density at radius 2 is 2.19 bits per heavy atom. The molecule has 3 aliphatic heterocycles. The van der Waals surface area contributed by atoms with Crippen molar-refractivity contribution in [1.82, 2.24) is 20.5 Å². The molecule has 0 radical (unpaired) electrons. The van der Waals surface area contributed by atoms with Crippen molar-refractivity contribution in [3.05, 3.63) is 10.6 Å². The van der Waals surface area contributed by atoms with Gasteiger partial charge in [0, 0.05) is 35.2 Å². The molecule has 1 amide bonds. The van der Waals surface area contributed by atoms with Crippen molar-refractivity contribution < 1.29 is 28.2 Å². The highest BCUT2D eigenvalue weighted by molar-refractivity contribution is 8.03. The second-order valence-corrected chi connectivity index (χ2v) is 9.18. The molecular weight excluding hydrogens is 396 g/mol. The summed E-state index contributed by atoms with van der Waals surface area (Å²) in [7, 11) is -2.70. The number of carboxylic acid groups (broad SMARTS) is 1. The van der Waals surface area contributed by atoms with Crippen LogP contribution in [-0.4, -0.2) is 71.9 Å². The Balaban J connectivity index is 1.67. The first-order valence-corrected chi connectivity index (χ1v) is 10.8. The highest BCUT2D eigenvalue weighted by Gasteiger charge is 2.60. The number of aliphatic hydroxyl groups excluding tert-OH is 1. The molecule has 0 aliphatic carbocycles. The molecule has 2 saturated heterocycles. The van der Waals surface area contributed by atoms with Crippen LogP contribution in [0.15, 0.2) is 10.6 Å². The van der Waals surface area contributed by atoms with Gasteiger partial charge in [-0.3, -0.25) is 4.79 Å². The zero-order chi connectivity index (χ0) is 19.9. The number of hydrogen-bond acceptors (Lipinski definition) is 8. The van der Waals surface area contributed by atoms with Gasteiger partial charge in [0.2, 0.25) is 16.8 Å². The summed E-state index contributed by atoms with van der Waals surface area (Å²) >= 11 is 1.46. The van der Waals surface area contributed by atoms with E-state index in [0.29, 0.717) is 18.0 Å². The topological polar surface area (TPSA) is 148 Å². The van der Waals surface area contributed by atoms with E-state index in [1.165, 1.54) is 16.7 Å². The quantitative estimate of drug-likeness (QED) is 0.152. The van der Waals surface area contributed by atoms with E-state index >= 15 is 0 Å². The van der Waals surface area contributed by atoms with Crippen molar-refractivity contribution >= 4 is 34.5 Å². The largest absolute Gasteiger partial charge is 0.477 e. The molecule has 0 aromatic heterocycles. The minimum Gasteiger partial charge on any atom is -0.477 e. The SMILES string of the molecule is C[C@@H](O)[C@H]1C(=O)N2C(C(=O)O)=C(SC3CN[C@H](CNN[SH](=O)=O)C3)[C@H](C)[C@H]12. The first kappa shape index (κ1) is 20.6. The van der Waals surface area contributed by atoms with Gasteiger partial charge in [0.25, 0.3) is 0 Å². The minimum absolute atomic E-state index is 0.0333. The van der Waals surface area contributed by atoms with E-state index < -0.39 is 28.9 Å². The molecule has 0 saturated carbocycles. The lowest BCUT2D eigenvalue weighted by atomic mass is 9.79. The van der Waals surface area contributed by atoms with Crippen molar-refractivity contribution in [2.75, 3.05) is 13.1 Å². The molecule has 12 heteroatoms. The summed E-state index contributed by atoms with van der Waals surface area (Å²) in [5.41, 5.74) is 2.65. The van der Waals surface area contributed by atoms with E-state index in [4.69, 9.17) is 0 Å². The fourth-order valence-electron chi connectivity index (χ4n) is 4.12. The number of nitrogens with one attached hydrogen (secondary N) is 3. The summed E-state index contributed by atoms with van der Waals surface area (Å²) in [4.78, 5) is 28.3. The van der Waals surface area contributed by atoms with E-state index in [1.54, 1.807) is 6.92 Å². The second-order valence-electron chi connectivity index (χ2n) is 7.10. The summed E-state index contributed by atoms with van der Waals surface area (Å²) in [6.07, 6.45) is -0.0829. The lowest BCUT2D eigenvalue weighted by Crippen LogP contribution is -2.63. The van der Waals surface area contributed by atoms with Crippen LogP contribution < -0.4 is 15.6 Å². The molecule has 3 rings (SSSR count). The number of aliphatic carboxylic acids is 1. The van der Waals surface area contributed by atoms with Gasteiger partial charge in [-0.15, -0.1) is 11.8 Å². The monoisotopic (exact) mass is 420 g/mol. The van der Waals surface area contributed by atoms with Gasteiger partial charge in [-0.1, -0.05) is 6.92 Å². The summed E-state index contributed by atoms with van der Waals surface area (Å²) in [6.45, 7) is 4.52. The number of thioether (sulfide) groups is 1. The number of nitrogens with zero attached hydrogens (tertiary/aromatic N) is 1. The average Bonchev–Trinajstić information content (AvgIpc) is 3.09. The summed E-state index contributed by atoms with van der Waals surface area (Å²) in [5.74, 6) is -2.18. The van der Waals surface area contributed by atoms with Crippen molar-refractivity contribution in [2.45, 2.75) is 43.7 Å². The first-order chi connectivity index (χ1) is 12.7. The Kier molecular flexibility index (Phi) is 6.13. The van der Waals surface area contributed by atoms with Gasteiger partial charge in [-0.2, -0.15) is 4.83 Å². The van der Waals surface area contributed by atoms with Gasteiger partial charge in [0.1, 0.15) is 5.70 Å². The predicted octanol–water partition coefficient (Wildman–Crippen LogP) is -1.78. The lowest BCUT2D eigenvalue weighted by molar-refractivity contribution is -0.163. The average molecular weight is 421 g/mol. The summed E-state index contributed by atoms with van der Waals surface area (Å²) < 4.78 is 21.0. The smallest absolute Gasteiger partial charge is 0.353 e. The van der Waals surface area contributed by atoms with Gasteiger partial charge < -0.3 is 20.4 Å². The third-order valence-electron chi connectivity index (χ3n) is 5.31. The van der Waals surface area contributed by atoms with Crippen LogP contribution in [0.1, 0.15) is 20.3 Å². The molecule has 0 aromatic carbocycles. The number of carbonyl (C=O) groups excluding carboxylic acids is 1. The predicted molar refractivity (Wildman–Crippen MR) is 98.9 cm³/mol. The number of hydrogen-bond donors (Lipinski definition) is 6. The van der Waals surface area contributed by atoms with E-state index in [9.17, 15) is 28.2 Å². The van der Waals surface area contributed by atoms with Gasteiger partial charge >= 0.3 is 5.97 Å². The highest BCUT2D eigenvalue weighted by Crippen LogP contribution is 2.51. The van der Waals surface area contributed by atoms with E-state index in [2.05, 4.69) is 15.6 Å². The molecular formula is C15H24N4O6S2. The van der Waals surface area contributed by atoms with Gasteiger partial charge in [-0.25, -0.2) is 18.6 Å². The molecule has 3 heterocycles. The lowest BCUT2D eigenvalue weighted by Gasteiger charge is -2.46. The third kappa shape index (κ3) is 3.87. The zero-order valence-electron chi connectivity index (χ0n) is 14.9. The Bertz CT molecular complexity index is 732. The second kappa shape index (κ2) is 8.05. The summed E-state index contributed by atoms with van der Waals surface area (Å²) in [5, 5.41) is 22.9. The molecule has 1 unspecified atom stereocenters. The highest BCUT2D eigenvalue weighted by atomic mass is 32.2. The van der Waals surface area contributed by atoms with Crippen LogP contribution in [0.3, 0.4) is 0 Å². The number of hydrazine groups is 1. The van der Waals surface area contributed by atoms with Crippen LogP contribution >= 0.6 is 11.8 Å². The summed E-state index contributed by atoms with van der Waals surface area (Å²) in [6, 6.07) is -0.255.